The van der Waals surface area contributed by atoms with Gasteiger partial charge in [0, 0.05) is 6.20 Å². The summed E-state index contributed by atoms with van der Waals surface area (Å²) in [5, 5.41) is 0. The van der Waals surface area contributed by atoms with E-state index in [0.717, 1.165) is 27.9 Å². The fourth-order valence-corrected chi connectivity index (χ4v) is 3.08. The third kappa shape index (κ3) is 1.90. The van der Waals surface area contributed by atoms with Crippen LogP contribution in [0.5, 0.6) is 0 Å². The van der Waals surface area contributed by atoms with Gasteiger partial charge in [0.25, 0.3) is 5.91 Å². The van der Waals surface area contributed by atoms with E-state index >= 15 is 0 Å². The Morgan fingerprint density at radius 3 is 2.61 bits per heavy atom. The summed E-state index contributed by atoms with van der Waals surface area (Å²) in [6, 6.07) is 11.6. The summed E-state index contributed by atoms with van der Waals surface area (Å²) in [5.74, 6) is 0.574. The number of rotatable bonds is 1. The second kappa shape index (κ2) is 4.78. The van der Waals surface area contributed by atoms with Crippen molar-refractivity contribution in [3.8, 4) is 0 Å². The van der Waals surface area contributed by atoms with Crippen LogP contribution >= 0.6 is 0 Å². The van der Waals surface area contributed by atoms with Gasteiger partial charge in [-0.2, -0.15) is 0 Å². The van der Waals surface area contributed by atoms with Crippen LogP contribution in [0.1, 0.15) is 27.6 Å². The Morgan fingerprint density at radius 2 is 1.78 bits per heavy atom. The number of para-hydroxylation sites is 2. The molecular weight excluding hydrogens is 288 g/mol. The van der Waals surface area contributed by atoms with Gasteiger partial charge in [0.15, 0.2) is 0 Å². The van der Waals surface area contributed by atoms with Gasteiger partial charge >= 0.3 is 0 Å². The van der Waals surface area contributed by atoms with Crippen molar-refractivity contribution in [3.63, 3.8) is 0 Å². The molecule has 0 aliphatic carbocycles. The Kier molecular flexibility index (Phi) is 2.84. The van der Waals surface area contributed by atoms with Gasteiger partial charge in [0.1, 0.15) is 17.2 Å². The molecule has 0 radical (unpaired) electrons. The van der Waals surface area contributed by atoms with Crippen LogP contribution in [0.2, 0.25) is 0 Å². The Labute approximate surface area is 133 Å². The van der Waals surface area contributed by atoms with Crippen molar-refractivity contribution in [2.45, 2.75) is 20.8 Å². The largest absolute Gasteiger partial charge is 0.295 e. The normalized spacial score (nSPS) is 11.4. The number of fused-ring (bicyclic) bond motifs is 2. The second-order valence-corrected chi connectivity index (χ2v) is 5.72. The monoisotopic (exact) mass is 304 g/mol. The number of nitrogens with zero attached hydrogens (tertiary/aromatic N) is 4. The molecule has 5 heteroatoms. The molecular formula is C18H16N4O. The van der Waals surface area contributed by atoms with Crippen LogP contribution < -0.4 is 0 Å². The lowest BCUT2D eigenvalue weighted by Crippen LogP contribution is -2.17. The molecule has 0 saturated carbocycles. The van der Waals surface area contributed by atoms with Gasteiger partial charge in [-0.25, -0.2) is 9.97 Å². The molecule has 0 amide bonds. The van der Waals surface area contributed by atoms with Gasteiger partial charge in [-0.15, -0.1) is 0 Å². The highest BCUT2D eigenvalue weighted by Gasteiger charge is 2.22. The number of imidazole rings is 2. The summed E-state index contributed by atoms with van der Waals surface area (Å²) in [4.78, 5) is 22.3. The van der Waals surface area contributed by atoms with Crippen LogP contribution in [-0.2, 0) is 0 Å². The molecule has 3 heterocycles. The Morgan fingerprint density at radius 1 is 1.00 bits per heavy atom. The number of aryl methyl sites for hydroxylation is 3. The molecule has 5 nitrogen and oxygen atoms in total. The van der Waals surface area contributed by atoms with E-state index in [-0.39, 0.29) is 5.91 Å². The zero-order chi connectivity index (χ0) is 16.1. The minimum atomic E-state index is -0.105. The van der Waals surface area contributed by atoms with Crippen LogP contribution in [-0.4, -0.2) is 24.8 Å². The first-order valence-corrected chi connectivity index (χ1v) is 7.51. The van der Waals surface area contributed by atoms with Crippen LogP contribution in [0.4, 0.5) is 0 Å². The van der Waals surface area contributed by atoms with Gasteiger partial charge in [-0.3, -0.25) is 13.8 Å². The first-order chi connectivity index (χ1) is 11.1. The van der Waals surface area contributed by atoms with Gasteiger partial charge < -0.3 is 0 Å². The van der Waals surface area contributed by atoms with Crippen molar-refractivity contribution in [2.75, 3.05) is 0 Å². The fourth-order valence-electron chi connectivity index (χ4n) is 3.08. The smallest absolute Gasteiger partial charge is 0.282 e. The summed E-state index contributed by atoms with van der Waals surface area (Å²) < 4.78 is 3.52. The zero-order valence-corrected chi connectivity index (χ0v) is 13.2. The molecule has 0 N–H and O–H groups in total. The maximum atomic E-state index is 13.2. The number of pyridine rings is 1. The fraction of sp³-hybridized carbons (Fsp3) is 0.167. The van der Waals surface area contributed by atoms with Gasteiger partial charge in [-0.05, 0) is 44.5 Å². The standard InChI is InChI=1S/C18H16N4O/c1-11-7-6-10-21-16(12(2)19-17(11)21)18(23)22-13(3)20-14-8-4-5-9-15(14)22/h4-10H,1-3H3. The SMILES string of the molecule is Cc1nc2c(C)cccn2c1C(=O)n1c(C)nc2ccccc21. The van der Waals surface area contributed by atoms with Gasteiger partial charge in [-0.1, -0.05) is 18.2 Å². The minimum Gasteiger partial charge on any atom is -0.295 e. The second-order valence-electron chi connectivity index (χ2n) is 5.72. The third-order valence-electron chi connectivity index (χ3n) is 4.15. The maximum absolute atomic E-state index is 13.2. The zero-order valence-electron chi connectivity index (χ0n) is 13.2. The summed E-state index contributed by atoms with van der Waals surface area (Å²) in [6.07, 6.45) is 1.88. The van der Waals surface area contributed by atoms with Crippen molar-refractivity contribution < 1.29 is 4.79 Å². The first-order valence-electron chi connectivity index (χ1n) is 7.51. The van der Waals surface area contributed by atoms with E-state index in [0.29, 0.717) is 11.5 Å². The highest BCUT2D eigenvalue weighted by Crippen LogP contribution is 2.21. The molecule has 0 bridgehead atoms. The van der Waals surface area contributed by atoms with E-state index in [2.05, 4.69) is 9.97 Å². The third-order valence-corrected chi connectivity index (χ3v) is 4.15. The van der Waals surface area contributed by atoms with Crippen molar-refractivity contribution in [1.82, 2.24) is 18.9 Å². The summed E-state index contributed by atoms with van der Waals surface area (Å²) in [6.45, 7) is 5.71. The molecule has 1 aromatic carbocycles. The number of carbonyl (C=O) groups is 1. The molecule has 0 fully saturated rings. The lowest BCUT2D eigenvalue weighted by Gasteiger charge is -2.07. The molecule has 0 spiro atoms. The summed E-state index contributed by atoms with van der Waals surface area (Å²) >= 11 is 0. The van der Waals surface area contributed by atoms with E-state index in [4.69, 9.17) is 0 Å². The molecule has 0 aliphatic heterocycles. The summed E-state index contributed by atoms with van der Waals surface area (Å²) in [7, 11) is 0. The molecule has 0 aliphatic rings. The van der Waals surface area contributed by atoms with E-state index < -0.39 is 0 Å². The molecule has 4 rings (SSSR count). The average Bonchev–Trinajstić information content (AvgIpc) is 3.03. The molecule has 4 aromatic rings. The lowest BCUT2D eigenvalue weighted by molar-refractivity contribution is 0.0956. The van der Waals surface area contributed by atoms with Crippen molar-refractivity contribution in [2.24, 2.45) is 0 Å². The Balaban J connectivity index is 2.01. The molecule has 23 heavy (non-hydrogen) atoms. The van der Waals surface area contributed by atoms with Crippen LogP contribution in [0, 0.1) is 20.8 Å². The van der Waals surface area contributed by atoms with Crippen molar-refractivity contribution in [1.29, 1.82) is 0 Å². The summed E-state index contributed by atoms with van der Waals surface area (Å²) in [5.41, 5.74) is 4.80. The minimum absolute atomic E-state index is 0.105. The van der Waals surface area contributed by atoms with E-state index in [1.54, 1.807) is 4.57 Å². The van der Waals surface area contributed by atoms with Gasteiger partial charge in [0.2, 0.25) is 0 Å². The van der Waals surface area contributed by atoms with E-state index in [1.165, 1.54) is 0 Å². The lowest BCUT2D eigenvalue weighted by atomic mass is 10.2. The average molecular weight is 304 g/mol. The van der Waals surface area contributed by atoms with Crippen LogP contribution in [0.25, 0.3) is 16.7 Å². The molecule has 0 atom stereocenters. The topological polar surface area (TPSA) is 52.2 Å². The molecule has 3 aromatic heterocycles. The highest BCUT2D eigenvalue weighted by molar-refractivity contribution is 6.02. The maximum Gasteiger partial charge on any atom is 0.282 e. The van der Waals surface area contributed by atoms with E-state index in [1.807, 2.05) is 67.8 Å². The molecule has 0 saturated heterocycles. The first kappa shape index (κ1) is 13.7. The predicted molar refractivity (Wildman–Crippen MR) is 88.9 cm³/mol. The van der Waals surface area contributed by atoms with Crippen molar-refractivity contribution >= 4 is 22.6 Å². The molecule has 114 valence electrons. The number of benzene rings is 1. The number of aromatic nitrogens is 4. The molecule has 0 unspecified atom stereocenters. The highest BCUT2D eigenvalue weighted by atomic mass is 16.2. The predicted octanol–water partition coefficient (Wildman–Crippen LogP) is 3.30. The number of hydrogen-bond acceptors (Lipinski definition) is 3. The number of hydrogen-bond donors (Lipinski definition) is 0. The van der Waals surface area contributed by atoms with E-state index in [9.17, 15) is 4.79 Å². The van der Waals surface area contributed by atoms with Crippen LogP contribution in [0.15, 0.2) is 42.6 Å². The Bertz CT molecular complexity index is 1070. The van der Waals surface area contributed by atoms with Crippen molar-refractivity contribution in [3.05, 3.63) is 65.4 Å². The van der Waals surface area contributed by atoms with Crippen LogP contribution in [0.3, 0.4) is 0 Å². The van der Waals surface area contributed by atoms with Gasteiger partial charge in [0.05, 0.1) is 16.7 Å². The number of carbonyl (C=O) groups excluding carboxylic acids is 1. The Hall–Kier alpha value is -2.95. The quantitative estimate of drug-likeness (QED) is 0.542.